The van der Waals surface area contributed by atoms with Gasteiger partial charge in [0.05, 0.1) is 10.6 Å². The van der Waals surface area contributed by atoms with Crippen LogP contribution >= 0.6 is 11.6 Å². The smallest absolute Gasteiger partial charge is 0.271 e. The van der Waals surface area contributed by atoms with Gasteiger partial charge in [-0.2, -0.15) is 4.98 Å². The van der Waals surface area contributed by atoms with Crippen LogP contribution in [0.25, 0.3) is 11.0 Å². The number of fused-ring (bicyclic) bond motifs is 1. The van der Waals surface area contributed by atoms with E-state index in [-0.39, 0.29) is 22.4 Å². The Bertz CT molecular complexity index is 1460. The van der Waals surface area contributed by atoms with E-state index in [2.05, 4.69) is 25.5 Å². The highest BCUT2D eigenvalue weighted by Crippen LogP contribution is 2.31. The Balaban J connectivity index is 1.29. The van der Waals surface area contributed by atoms with Gasteiger partial charge in [0.1, 0.15) is 10.7 Å². The van der Waals surface area contributed by atoms with Gasteiger partial charge < -0.3 is 15.5 Å². The van der Waals surface area contributed by atoms with Crippen molar-refractivity contribution in [3.8, 4) is 0 Å². The molecule has 1 aliphatic carbocycles. The van der Waals surface area contributed by atoms with Gasteiger partial charge >= 0.3 is 0 Å². The Kier molecular flexibility index (Phi) is 8.32. The number of pyridine rings is 1. The van der Waals surface area contributed by atoms with E-state index in [0.29, 0.717) is 34.0 Å². The molecule has 1 saturated heterocycles. The normalized spacial score (nSPS) is 17.3. The lowest BCUT2D eigenvalue weighted by Gasteiger charge is -2.26. The van der Waals surface area contributed by atoms with Gasteiger partial charge in [-0.25, -0.2) is 13.4 Å². The molecule has 1 aromatic carbocycles. The zero-order valence-corrected chi connectivity index (χ0v) is 23.3. The van der Waals surface area contributed by atoms with Gasteiger partial charge in [0, 0.05) is 49.5 Å². The monoisotopic (exact) mass is 558 g/mol. The molecule has 0 amide bonds. The zero-order valence-electron chi connectivity index (χ0n) is 21.7. The second kappa shape index (κ2) is 11.7. The molecule has 3 heterocycles. The van der Waals surface area contributed by atoms with E-state index in [1.165, 1.54) is 0 Å². The second-order valence-electron chi connectivity index (χ2n) is 10.3. The molecule has 2 aliphatic rings. The average Bonchev–Trinajstić information content (AvgIpc) is 3.44. The van der Waals surface area contributed by atoms with E-state index in [1.807, 2.05) is 6.92 Å². The number of hydrogen-bond donors (Lipinski definition) is 2. The lowest BCUT2D eigenvalue weighted by Crippen LogP contribution is -2.43. The van der Waals surface area contributed by atoms with E-state index in [1.54, 1.807) is 35.0 Å². The first-order valence-electron chi connectivity index (χ1n) is 13.4. The fourth-order valence-corrected chi connectivity index (χ4v) is 7.08. The summed E-state index contributed by atoms with van der Waals surface area (Å²) in [6.07, 6.45) is 7.17. The molecule has 2 fully saturated rings. The maximum Gasteiger partial charge on any atom is 0.271 e. The maximum absolute atomic E-state index is 13.0. The quantitative estimate of drug-likeness (QED) is 0.378. The largest absolute Gasteiger partial charge is 0.324 e. The molecule has 2 aromatic heterocycles. The molecule has 3 aromatic rings. The Labute approximate surface area is 228 Å². The van der Waals surface area contributed by atoms with Crippen LogP contribution in [0.1, 0.15) is 50.1 Å². The molecule has 9 nitrogen and oxygen atoms in total. The first kappa shape index (κ1) is 27.1. The highest BCUT2D eigenvalue weighted by molar-refractivity contribution is 7.91. The standard InChI is InChI=1S/C27H35ClN6O3S/c1-19-16-22(38(36,37)15-5-4-12-33-13-10-29-11-14-33)8-9-24(19)31-27-30-18-20-17-23(28)26(35)34(25(20)32-27)21-6-2-3-7-21/h8-9,16-18,21,29H,2-7,10-15H2,1H3,(H,30,31,32). The number of anilines is 2. The average molecular weight is 559 g/mol. The predicted molar refractivity (Wildman–Crippen MR) is 151 cm³/mol. The Morgan fingerprint density at radius 3 is 2.63 bits per heavy atom. The molecular weight excluding hydrogens is 524 g/mol. The third kappa shape index (κ3) is 6.03. The maximum atomic E-state index is 13.0. The molecule has 204 valence electrons. The van der Waals surface area contributed by atoms with Crippen molar-refractivity contribution >= 4 is 44.1 Å². The minimum atomic E-state index is -3.37. The van der Waals surface area contributed by atoms with Crippen LogP contribution in [0.2, 0.25) is 5.02 Å². The number of nitrogens with one attached hydrogen (secondary N) is 2. The highest BCUT2D eigenvalue weighted by atomic mass is 35.5. The van der Waals surface area contributed by atoms with Gasteiger partial charge in [-0.05, 0) is 69.0 Å². The summed E-state index contributed by atoms with van der Waals surface area (Å²) in [7, 11) is -3.37. The molecule has 38 heavy (non-hydrogen) atoms. The number of halogens is 1. The Morgan fingerprint density at radius 1 is 1.13 bits per heavy atom. The SMILES string of the molecule is Cc1cc(S(=O)(=O)CCCCN2CCNCC2)ccc1Nc1ncc2cc(Cl)c(=O)n(C3CCCC3)c2n1. The lowest BCUT2D eigenvalue weighted by molar-refractivity contribution is 0.238. The number of aryl methyl sites for hydroxylation is 1. The topological polar surface area (TPSA) is 109 Å². The van der Waals surface area contributed by atoms with E-state index < -0.39 is 9.84 Å². The fraction of sp³-hybridized carbons (Fsp3) is 0.519. The van der Waals surface area contributed by atoms with Crippen LogP contribution in [-0.2, 0) is 9.84 Å². The lowest BCUT2D eigenvalue weighted by atomic mass is 10.2. The van der Waals surface area contributed by atoms with Gasteiger partial charge in [-0.1, -0.05) is 24.4 Å². The number of rotatable bonds is 9. The van der Waals surface area contributed by atoms with Crippen molar-refractivity contribution in [1.82, 2.24) is 24.8 Å². The molecule has 1 saturated carbocycles. The molecule has 0 unspecified atom stereocenters. The van der Waals surface area contributed by atoms with Crippen LogP contribution in [0.5, 0.6) is 0 Å². The van der Waals surface area contributed by atoms with Crippen molar-refractivity contribution in [2.45, 2.75) is 56.4 Å². The summed E-state index contributed by atoms with van der Waals surface area (Å²) in [6, 6.07) is 6.78. The van der Waals surface area contributed by atoms with Crippen molar-refractivity contribution in [3.63, 3.8) is 0 Å². The Morgan fingerprint density at radius 2 is 1.89 bits per heavy atom. The van der Waals surface area contributed by atoms with E-state index in [9.17, 15) is 13.2 Å². The summed E-state index contributed by atoms with van der Waals surface area (Å²) in [6.45, 7) is 6.83. The molecular formula is C27H35ClN6O3S. The molecule has 0 radical (unpaired) electrons. The summed E-state index contributed by atoms with van der Waals surface area (Å²) in [4.78, 5) is 24.7. The van der Waals surface area contributed by atoms with Crippen LogP contribution in [0.3, 0.4) is 0 Å². The highest BCUT2D eigenvalue weighted by Gasteiger charge is 2.23. The zero-order chi connectivity index (χ0) is 26.7. The summed E-state index contributed by atoms with van der Waals surface area (Å²) in [5.74, 6) is 0.484. The van der Waals surface area contributed by atoms with Gasteiger partial charge in [0.15, 0.2) is 9.84 Å². The number of hydrogen-bond acceptors (Lipinski definition) is 8. The molecule has 0 atom stereocenters. The molecule has 0 spiro atoms. The van der Waals surface area contributed by atoms with Crippen molar-refractivity contribution < 1.29 is 8.42 Å². The first-order valence-corrected chi connectivity index (χ1v) is 15.5. The number of nitrogens with zero attached hydrogens (tertiary/aromatic N) is 4. The number of sulfone groups is 1. The fourth-order valence-electron chi connectivity index (χ4n) is 5.42. The summed E-state index contributed by atoms with van der Waals surface area (Å²) < 4.78 is 27.6. The van der Waals surface area contributed by atoms with Crippen LogP contribution in [0, 0.1) is 6.92 Å². The van der Waals surface area contributed by atoms with Crippen molar-refractivity contribution in [2.24, 2.45) is 0 Å². The third-order valence-corrected chi connectivity index (χ3v) is 9.64. The van der Waals surface area contributed by atoms with Gasteiger partial charge in [-0.15, -0.1) is 0 Å². The van der Waals surface area contributed by atoms with Crippen LogP contribution < -0.4 is 16.2 Å². The van der Waals surface area contributed by atoms with Crippen molar-refractivity contribution in [3.05, 3.63) is 51.4 Å². The number of aromatic nitrogens is 3. The second-order valence-corrected chi connectivity index (χ2v) is 12.8. The predicted octanol–water partition coefficient (Wildman–Crippen LogP) is 4.07. The molecule has 5 rings (SSSR count). The van der Waals surface area contributed by atoms with Crippen molar-refractivity contribution in [1.29, 1.82) is 0 Å². The van der Waals surface area contributed by atoms with Gasteiger partial charge in [-0.3, -0.25) is 9.36 Å². The summed E-state index contributed by atoms with van der Waals surface area (Å²) in [5.41, 5.74) is 1.82. The number of unbranched alkanes of at least 4 members (excludes halogenated alkanes) is 1. The number of benzene rings is 1. The van der Waals surface area contributed by atoms with Crippen LogP contribution in [-0.4, -0.2) is 66.3 Å². The minimum Gasteiger partial charge on any atom is -0.324 e. The summed E-state index contributed by atoms with van der Waals surface area (Å²) in [5, 5.41) is 7.42. The third-order valence-electron chi connectivity index (χ3n) is 7.57. The molecule has 2 N–H and O–H groups in total. The van der Waals surface area contributed by atoms with E-state index in [4.69, 9.17) is 11.6 Å². The molecule has 11 heteroatoms. The number of piperazine rings is 1. The van der Waals surface area contributed by atoms with Gasteiger partial charge in [0.25, 0.3) is 5.56 Å². The Hall–Kier alpha value is -2.53. The molecule has 0 bridgehead atoms. The van der Waals surface area contributed by atoms with E-state index >= 15 is 0 Å². The molecule has 1 aliphatic heterocycles. The minimum absolute atomic E-state index is 0.0783. The summed E-state index contributed by atoms with van der Waals surface area (Å²) >= 11 is 6.23. The van der Waals surface area contributed by atoms with Gasteiger partial charge in [0.2, 0.25) is 5.95 Å². The van der Waals surface area contributed by atoms with E-state index in [0.717, 1.165) is 70.4 Å². The van der Waals surface area contributed by atoms with Crippen LogP contribution in [0.4, 0.5) is 11.6 Å². The van der Waals surface area contributed by atoms with Crippen LogP contribution in [0.15, 0.2) is 40.2 Å². The first-order chi connectivity index (χ1) is 18.3. The van der Waals surface area contributed by atoms with Crippen molar-refractivity contribution in [2.75, 3.05) is 43.8 Å².